The van der Waals surface area contributed by atoms with E-state index >= 15 is 0 Å². The van der Waals surface area contributed by atoms with Crippen molar-refractivity contribution >= 4 is 17.5 Å². The Morgan fingerprint density at radius 3 is 2.33 bits per heavy atom. The lowest BCUT2D eigenvalue weighted by atomic mass is 10.1. The number of halogens is 1. The van der Waals surface area contributed by atoms with Gasteiger partial charge in [0, 0.05) is 22.6 Å². The predicted molar refractivity (Wildman–Crippen MR) is 86.3 cm³/mol. The van der Waals surface area contributed by atoms with Crippen molar-refractivity contribution in [1.29, 1.82) is 0 Å². The van der Waals surface area contributed by atoms with Crippen LogP contribution in [0.5, 0.6) is 0 Å². The van der Waals surface area contributed by atoms with Gasteiger partial charge >= 0.3 is 0 Å². The number of unbranched alkanes of at least 4 members (excludes halogenated alkanes) is 1. The van der Waals surface area contributed by atoms with E-state index in [1.807, 2.05) is 24.3 Å². The number of thioether (sulfide) groups is 1. The van der Waals surface area contributed by atoms with Crippen LogP contribution in [-0.2, 0) is 5.75 Å². The van der Waals surface area contributed by atoms with Crippen LogP contribution in [0, 0.1) is 5.82 Å². The van der Waals surface area contributed by atoms with Gasteiger partial charge in [-0.3, -0.25) is 4.79 Å². The smallest absolute Gasteiger partial charge is 0.162 e. The van der Waals surface area contributed by atoms with Gasteiger partial charge in [0.1, 0.15) is 5.82 Å². The standard InChI is InChI=1S/C18H19FOS/c1-2-3-4-18(20)15-7-11-17(12-8-15)21-13-14-5-9-16(19)10-6-14/h5-12H,2-4,13H2,1H3. The van der Waals surface area contributed by atoms with Crippen LogP contribution in [0.25, 0.3) is 0 Å². The van der Waals surface area contributed by atoms with Crippen molar-refractivity contribution in [3.8, 4) is 0 Å². The molecule has 0 bridgehead atoms. The number of hydrogen-bond acceptors (Lipinski definition) is 2. The third-order valence-electron chi connectivity index (χ3n) is 3.25. The maximum absolute atomic E-state index is 12.8. The third kappa shape index (κ3) is 5.01. The summed E-state index contributed by atoms with van der Waals surface area (Å²) in [6, 6.07) is 14.3. The monoisotopic (exact) mass is 302 g/mol. The Balaban J connectivity index is 1.90. The molecule has 2 aromatic rings. The van der Waals surface area contributed by atoms with Crippen LogP contribution in [0.4, 0.5) is 4.39 Å². The summed E-state index contributed by atoms with van der Waals surface area (Å²) in [6.07, 6.45) is 2.61. The SMILES string of the molecule is CCCCC(=O)c1ccc(SCc2ccc(F)cc2)cc1. The van der Waals surface area contributed by atoms with Crippen molar-refractivity contribution < 1.29 is 9.18 Å². The summed E-state index contributed by atoms with van der Waals surface area (Å²) >= 11 is 1.68. The quantitative estimate of drug-likeness (QED) is 0.497. The molecule has 0 unspecified atom stereocenters. The largest absolute Gasteiger partial charge is 0.294 e. The fourth-order valence-electron chi connectivity index (χ4n) is 1.97. The molecule has 0 saturated carbocycles. The highest BCUT2D eigenvalue weighted by Gasteiger charge is 2.05. The van der Waals surface area contributed by atoms with Crippen LogP contribution in [-0.4, -0.2) is 5.78 Å². The van der Waals surface area contributed by atoms with Crippen molar-refractivity contribution in [2.75, 3.05) is 0 Å². The Morgan fingerprint density at radius 2 is 1.71 bits per heavy atom. The summed E-state index contributed by atoms with van der Waals surface area (Å²) in [5, 5.41) is 0. The van der Waals surface area contributed by atoms with Gasteiger partial charge < -0.3 is 0 Å². The number of benzene rings is 2. The van der Waals surface area contributed by atoms with E-state index in [1.165, 1.54) is 12.1 Å². The Bertz CT molecular complexity index is 575. The highest BCUT2D eigenvalue weighted by molar-refractivity contribution is 7.98. The Hall–Kier alpha value is -1.61. The fraction of sp³-hybridized carbons (Fsp3) is 0.278. The summed E-state index contributed by atoms with van der Waals surface area (Å²) in [7, 11) is 0. The molecule has 0 N–H and O–H groups in total. The van der Waals surface area contributed by atoms with Crippen LogP contribution in [0.3, 0.4) is 0 Å². The van der Waals surface area contributed by atoms with Gasteiger partial charge in [-0.1, -0.05) is 37.6 Å². The fourth-order valence-corrected chi connectivity index (χ4v) is 2.82. The van der Waals surface area contributed by atoms with Gasteiger partial charge in [-0.05, 0) is 36.2 Å². The molecule has 0 atom stereocenters. The molecule has 2 aromatic carbocycles. The zero-order chi connectivity index (χ0) is 15.1. The van der Waals surface area contributed by atoms with Crippen molar-refractivity contribution in [3.05, 3.63) is 65.5 Å². The molecule has 0 aliphatic carbocycles. The molecular weight excluding hydrogens is 283 g/mol. The van der Waals surface area contributed by atoms with Gasteiger partial charge in [0.05, 0.1) is 0 Å². The lowest BCUT2D eigenvalue weighted by Crippen LogP contribution is -1.98. The summed E-state index contributed by atoms with van der Waals surface area (Å²) in [4.78, 5) is 13.0. The number of ketones is 1. The molecular formula is C18H19FOS. The van der Waals surface area contributed by atoms with Crippen LogP contribution in [0.1, 0.15) is 42.1 Å². The van der Waals surface area contributed by atoms with E-state index in [1.54, 1.807) is 23.9 Å². The number of Topliss-reactive ketones (excluding diaryl/α,β-unsaturated/α-hetero) is 1. The van der Waals surface area contributed by atoms with Crippen LogP contribution >= 0.6 is 11.8 Å². The molecule has 1 nitrogen and oxygen atoms in total. The second-order valence-electron chi connectivity index (χ2n) is 4.97. The number of carbonyl (C=O) groups excluding carboxylic acids is 1. The summed E-state index contributed by atoms with van der Waals surface area (Å²) in [5.74, 6) is 0.800. The zero-order valence-corrected chi connectivity index (χ0v) is 13.0. The Kier molecular flexibility index (Phi) is 6.00. The Morgan fingerprint density at radius 1 is 1.05 bits per heavy atom. The average molecular weight is 302 g/mol. The van der Waals surface area contributed by atoms with Gasteiger partial charge in [-0.2, -0.15) is 0 Å². The molecule has 0 saturated heterocycles. The van der Waals surface area contributed by atoms with Gasteiger partial charge in [-0.15, -0.1) is 11.8 Å². The van der Waals surface area contributed by atoms with Gasteiger partial charge in [0.25, 0.3) is 0 Å². The number of hydrogen-bond donors (Lipinski definition) is 0. The second-order valence-corrected chi connectivity index (χ2v) is 6.02. The highest BCUT2D eigenvalue weighted by Crippen LogP contribution is 2.23. The highest BCUT2D eigenvalue weighted by atomic mass is 32.2. The minimum Gasteiger partial charge on any atom is -0.294 e. The summed E-state index contributed by atoms with van der Waals surface area (Å²) < 4.78 is 12.8. The van der Waals surface area contributed by atoms with Gasteiger partial charge in [-0.25, -0.2) is 4.39 Å². The first-order chi connectivity index (χ1) is 10.2. The summed E-state index contributed by atoms with van der Waals surface area (Å²) in [5.41, 5.74) is 1.87. The zero-order valence-electron chi connectivity index (χ0n) is 12.1. The van der Waals surface area contributed by atoms with E-state index in [0.29, 0.717) is 6.42 Å². The van der Waals surface area contributed by atoms with Gasteiger partial charge in [0.15, 0.2) is 5.78 Å². The van der Waals surface area contributed by atoms with E-state index in [2.05, 4.69) is 6.92 Å². The molecule has 3 heteroatoms. The third-order valence-corrected chi connectivity index (χ3v) is 4.34. The molecule has 0 spiro atoms. The first-order valence-corrected chi connectivity index (χ1v) is 8.18. The predicted octanol–water partition coefficient (Wildman–Crippen LogP) is 5.49. The number of rotatable bonds is 7. The molecule has 0 aromatic heterocycles. The van der Waals surface area contributed by atoms with Crippen molar-refractivity contribution in [1.82, 2.24) is 0 Å². The van der Waals surface area contributed by atoms with E-state index < -0.39 is 0 Å². The maximum atomic E-state index is 12.8. The molecule has 0 heterocycles. The second kappa shape index (κ2) is 7.99. The molecule has 0 aliphatic rings. The maximum Gasteiger partial charge on any atom is 0.162 e. The first kappa shape index (κ1) is 15.8. The normalized spacial score (nSPS) is 10.6. The van der Waals surface area contributed by atoms with Crippen LogP contribution < -0.4 is 0 Å². The van der Waals surface area contributed by atoms with E-state index in [-0.39, 0.29) is 11.6 Å². The average Bonchev–Trinajstić information content (AvgIpc) is 2.52. The molecule has 21 heavy (non-hydrogen) atoms. The van der Waals surface area contributed by atoms with E-state index in [0.717, 1.165) is 34.6 Å². The number of carbonyl (C=O) groups is 1. The topological polar surface area (TPSA) is 17.1 Å². The minimum absolute atomic E-state index is 0.210. The lowest BCUT2D eigenvalue weighted by molar-refractivity contribution is 0.0979. The van der Waals surface area contributed by atoms with Gasteiger partial charge in [0.2, 0.25) is 0 Å². The molecule has 110 valence electrons. The molecule has 0 aliphatic heterocycles. The van der Waals surface area contributed by atoms with Crippen molar-refractivity contribution in [2.24, 2.45) is 0 Å². The summed E-state index contributed by atoms with van der Waals surface area (Å²) in [6.45, 7) is 2.09. The van der Waals surface area contributed by atoms with E-state index in [4.69, 9.17) is 0 Å². The van der Waals surface area contributed by atoms with Crippen LogP contribution in [0.2, 0.25) is 0 Å². The Labute approximate surface area is 129 Å². The van der Waals surface area contributed by atoms with Crippen molar-refractivity contribution in [3.63, 3.8) is 0 Å². The molecule has 2 rings (SSSR count). The first-order valence-electron chi connectivity index (χ1n) is 7.19. The van der Waals surface area contributed by atoms with Crippen molar-refractivity contribution in [2.45, 2.75) is 36.8 Å². The van der Waals surface area contributed by atoms with E-state index in [9.17, 15) is 9.18 Å². The lowest BCUT2D eigenvalue weighted by Gasteiger charge is -2.04. The minimum atomic E-state index is -0.210. The van der Waals surface area contributed by atoms with Crippen LogP contribution in [0.15, 0.2) is 53.4 Å². The molecule has 0 amide bonds. The molecule has 0 fully saturated rings. The molecule has 0 radical (unpaired) electrons.